The van der Waals surface area contributed by atoms with Crippen LogP contribution in [0.1, 0.15) is 22.3 Å². The highest BCUT2D eigenvalue weighted by Crippen LogP contribution is 2.15. The molecule has 0 bridgehead atoms. The summed E-state index contributed by atoms with van der Waals surface area (Å²) in [6.07, 6.45) is 7.77. The molecule has 2 aromatic carbocycles. The van der Waals surface area contributed by atoms with Gasteiger partial charge in [-0.1, -0.05) is 54.1 Å². The zero-order chi connectivity index (χ0) is 15.9. The monoisotopic (exact) mass is 301 g/mol. The second-order valence-corrected chi connectivity index (χ2v) is 5.46. The van der Waals surface area contributed by atoms with Gasteiger partial charge in [-0.3, -0.25) is 4.98 Å². The first-order valence-electron chi connectivity index (χ1n) is 7.66. The number of benzene rings is 2. The van der Waals surface area contributed by atoms with Crippen molar-refractivity contribution in [3.05, 3.63) is 95.3 Å². The third-order valence-corrected chi connectivity index (χ3v) is 3.58. The van der Waals surface area contributed by atoms with E-state index >= 15 is 0 Å². The highest BCUT2D eigenvalue weighted by Gasteiger charge is 1.96. The van der Waals surface area contributed by atoms with Crippen molar-refractivity contribution in [1.82, 2.24) is 4.98 Å². The molecule has 0 aliphatic heterocycles. The van der Waals surface area contributed by atoms with Crippen LogP contribution in [0.4, 0.5) is 0 Å². The lowest BCUT2D eigenvalue weighted by molar-refractivity contribution is 0.306. The molecule has 0 N–H and O–H groups in total. The van der Waals surface area contributed by atoms with Crippen molar-refractivity contribution < 1.29 is 4.74 Å². The smallest absolute Gasteiger partial charge is 0.119 e. The Bertz CT molecular complexity index is 759. The van der Waals surface area contributed by atoms with Gasteiger partial charge in [0.15, 0.2) is 0 Å². The van der Waals surface area contributed by atoms with Crippen LogP contribution >= 0.6 is 0 Å². The molecule has 1 heterocycles. The summed E-state index contributed by atoms with van der Waals surface area (Å²) in [7, 11) is 0. The van der Waals surface area contributed by atoms with Crippen molar-refractivity contribution in [3.8, 4) is 5.75 Å². The van der Waals surface area contributed by atoms with Crippen molar-refractivity contribution in [2.45, 2.75) is 13.5 Å². The molecule has 0 saturated heterocycles. The molecule has 0 saturated carbocycles. The number of rotatable bonds is 5. The van der Waals surface area contributed by atoms with Crippen LogP contribution in [0.3, 0.4) is 0 Å². The van der Waals surface area contributed by atoms with E-state index in [-0.39, 0.29) is 0 Å². The summed E-state index contributed by atoms with van der Waals surface area (Å²) in [5, 5.41) is 0. The van der Waals surface area contributed by atoms with E-state index in [1.165, 1.54) is 11.1 Å². The summed E-state index contributed by atoms with van der Waals surface area (Å²) in [6.45, 7) is 2.65. The zero-order valence-electron chi connectivity index (χ0n) is 13.1. The van der Waals surface area contributed by atoms with Gasteiger partial charge in [-0.05, 0) is 47.9 Å². The van der Waals surface area contributed by atoms with Gasteiger partial charge >= 0.3 is 0 Å². The molecular formula is C21H19NO. The molecule has 0 radical (unpaired) electrons. The van der Waals surface area contributed by atoms with E-state index in [0.717, 1.165) is 16.9 Å². The second kappa shape index (κ2) is 7.41. The first-order valence-corrected chi connectivity index (χ1v) is 7.66. The quantitative estimate of drug-likeness (QED) is 0.651. The molecule has 23 heavy (non-hydrogen) atoms. The lowest BCUT2D eigenvalue weighted by atomic mass is 10.1. The minimum atomic E-state index is 0.581. The van der Waals surface area contributed by atoms with Gasteiger partial charge < -0.3 is 4.74 Å². The lowest BCUT2D eigenvalue weighted by Crippen LogP contribution is -1.95. The molecule has 0 fully saturated rings. The minimum Gasteiger partial charge on any atom is -0.489 e. The molecule has 3 aromatic rings. The Morgan fingerprint density at radius 2 is 1.39 bits per heavy atom. The van der Waals surface area contributed by atoms with E-state index < -0.39 is 0 Å². The maximum atomic E-state index is 5.79. The fourth-order valence-electron chi connectivity index (χ4n) is 2.19. The minimum absolute atomic E-state index is 0.581. The molecule has 114 valence electrons. The fraction of sp³-hybridized carbons (Fsp3) is 0.0952. The summed E-state index contributed by atoms with van der Waals surface area (Å²) >= 11 is 0. The van der Waals surface area contributed by atoms with Gasteiger partial charge in [0.05, 0.1) is 0 Å². The molecule has 3 rings (SSSR count). The molecule has 2 nitrogen and oxygen atoms in total. The van der Waals surface area contributed by atoms with Crippen molar-refractivity contribution in [2.75, 3.05) is 0 Å². The Hall–Kier alpha value is -2.87. The number of hydrogen-bond acceptors (Lipinski definition) is 2. The van der Waals surface area contributed by atoms with E-state index in [9.17, 15) is 0 Å². The fourth-order valence-corrected chi connectivity index (χ4v) is 2.19. The number of nitrogens with zero attached hydrogens (tertiary/aromatic N) is 1. The lowest BCUT2D eigenvalue weighted by Gasteiger charge is -2.07. The van der Waals surface area contributed by atoms with Gasteiger partial charge in [0.1, 0.15) is 12.4 Å². The summed E-state index contributed by atoms with van der Waals surface area (Å²) < 4.78 is 5.79. The molecule has 0 spiro atoms. The molecule has 1 aromatic heterocycles. The van der Waals surface area contributed by atoms with Gasteiger partial charge in [-0.2, -0.15) is 0 Å². The predicted octanol–water partition coefficient (Wildman–Crippen LogP) is 5.14. The summed E-state index contributed by atoms with van der Waals surface area (Å²) in [6, 6.07) is 20.5. The normalized spacial score (nSPS) is 10.8. The maximum absolute atomic E-state index is 5.79. The van der Waals surface area contributed by atoms with Crippen LogP contribution in [0.2, 0.25) is 0 Å². The first kappa shape index (κ1) is 15.0. The zero-order valence-corrected chi connectivity index (χ0v) is 13.1. The average molecular weight is 301 g/mol. The van der Waals surface area contributed by atoms with E-state index in [2.05, 4.69) is 60.5 Å². The molecule has 0 amide bonds. The van der Waals surface area contributed by atoms with E-state index in [4.69, 9.17) is 4.74 Å². The van der Waals surface area contributed by atoms with Crippen LogP contribution in [0.5, 0.6) is 5.75 Å². The number of aromatic nitrogens is 1. The van der Waals surface area contributed by atoms with Crippen molar-refractivity contribution in [3.63, 3.8) is 0 Å². The molecule has 2 heteroatoms. The molecule has 0 atom stereocenters. The first-order chi connectivity index (χ1) is 11.3. The SMILES string of the molecule is Cc1ccc(OCc2ccc(/C=C/c3ccncc3)cc2)cc1. The van der Waals surface area contributed by atoms with E-state index in [1.54, 1.807) is 12.4 Å². The third-order valence-electron chi connectivity index (χ3n) is 3.58. The molecule has 0 aliphatic rings. The van der Waals surface area contributed by atoms with Gasteiger partial charge in [0.25, 0.3) is 0 Å². The third kappa shape index (κ3) is 4.55. The highest BCUT2D eigenvalue weighted by atomic mass is 16.5. The van der Waals surface area contributed by atoms with Crippen LogP contribution in [0.25, 0.3) is 12.2 Å². The number of aryl methyl sites for hydroxylation is 1. The van der Waals surface area contributed by atoms with Gasteiger partial charge in [0, 0.05) is 12.4 Å². The van der Waals surface area contributed by atoms with Crippen LogP contribution in [0.15, 0.2) is 73.1 Å². The number of hydrogen-bond donors (Lipinski definition) is 0. The second-order valence-electron chi connectivity index (χ2n) is 5.46. The van der Waals surface area contributed by atoms with Crippen LogP contribution in [-0.4, -0.2) is 4.98 Å². The van der Waals surface area contributed by atoms with Crippen molar-refractivity contribution in [2.24, 2.45) is 0 Å². The van der Waals surface area contributed by atoms with Crippen LogP contribution in [-0.2, 0) is 6.61 Å². The standard InChI is InChI=1S/C21H19NO/c1-17-2-10-21(11-3-17)23-16-20-8-6-18(7-9-20)4-5-19-12-14-22-15-13-19/h2-15H,16H2,1H3/b5-4+. The largest absolute Gasteiger partial charge is 0.489 e. The summed E-state index contributed by atoms with van der Waals surface area (Å²) in [4.78, 5) is 4.01. The highest BCUT2D eigenvalue weighted by molar-refractivity contribution is 5.69. The van der Waals surface area contributed by atoms with E-state index in [1.807, 2.05) is 24.3 Å². The topological polar surface area (TPSA) is 22.1 Å². The van der Waals surface area contributed by atoms with Crippen molar-refractivity contribution in [1.29, 1.82) is 0 Å². The predicted molar refractivity (Wildman–Crippen MR) is 95.1 cm³/mol. The molecular weight excluding hydrogens is 282 g/mol. The van der Waals surface area contributed by atoms with Crippen LogP contribution in [0, 0.1) is 6.92 Å². The summed E-state index contributed by atoms with van der Waals surface area (Å²) in [5.74, 6) is 0.900. The van der Waals surface area contributed by atoms with Gasteiger partial charge in [-0.15, -0.1) is 0 Å². The Morgan fingerprint density at radius 1 is 0.783 bits per heavy atom. The van der Waals surface area contributed by atoms with Crippen molar-refractivity contribution >= 4 is 12.2 Å². The Labute approximate surface area is 137 Å². The Kier molecular flexibility index (Phi) is 4.85. The van der Waals surface area contributed by atoms with Gasteiger partial charge in [-0.25, -0.2) is 0 Å². The number of ether oxygens (including phenoxy) is 1. The Balaban J connectivity index is 1.58. The van der Waals surface area contributed by atoms with Gasteiger partial charge in [0.2, 0.25) is 0 Å². The molecule has 0 unspecified atom stereocenters. The maximum Gasteiger partial charge on any atom is 0.119 e. The Morgan fingerprint density at radius 3 is 2.04 bits per heavy atom. The summed E-state index contributed by atoms with van der Waals surface area (Å²) in [5.41, 5.74) is 4.71. The average Bonchev–Trinajstić information content (AvgIpc) is 2.61. The van der Waals surface area contributed by atoms with Crippen LogP contribution < -0.4 is 4.74 Å². The molecule has 0 aliphatic carbocycles. The van der Waals surface area contributed by atoms with E-state index in [0.29, 0.717) is 6.61 Å². The number of pyridine rings is 1.